The van der Waals surface area contributed by atoms with Crippen LogP contribution in [0.3, 0.4) is 0 Å². The van der Waals surface area contributed by atoms with Gasteiger partial charge in [-0.15, -0.1) is 0 Å². The molecule has 1 heterocycles. The Morgan fingerprint density at radius 3 is 1.20 bits per heavy atom. The van der Waals surface area contributed by atoms with Gasteiger partial charge in [-0.3, -0.25) is 14.4 Å². The summed E-state index contributed by atoms with van der Waals surface area (Å²) in [5.41, 5.74) is 0. The molecule has 0 bridgehead atoms. The SMILES string of the molecule is CC/C=C\C/C=C\C/C=C\C/C=C\CCCCCCCCC(=O)OC1C(OCC(COC(=O)CCCCCCCCC/C=C\CCCCCCCC)OC(=O)CCCCCCCCCCCCCCCCC)OC(C(=O)O)C(O)C1O. The van der Waals surface area contributed by atoms with Gasteiger partial charge in [0.05, 0.1) is 6.61 Å². The van der Waals surface area contributed by atoms with Crippen molar-refractivity contribution in [3.8, 4) is 0 Å². The number of ether oxygens (including phenoxy) is 5. The Kier molecular flexibility index (Phi) is 53.0. The fourth-order valence-corrected chi connectivity index (χ4v) is 10.0. The second-order valence-electron chi connectivity index (χ2n) is 22.7. The predicted octanol–water partition coefficient (Wildman–Crippen LogP) is 17.9. The smallest absolute Gasteiger partial charge is 0.335 e. The monoisotopic (exact) mass is 1140 g/mol. The van der Waals surface area contributed by atoms with E-state index in [1.807, 2.05) is 0 Å². The normalized spacial score (nSPS) is 18.1. The molecule has 468 valence electrons. The van der Waals surface area contributed by atoms with E-state index < -0.39 is 67.3 Å². The highest BCUT2D eigenvalue weighted by Crippen LogP contribution is 2.27. The number of esters is 3. The molecule has 0 amide bonds. The summed E-state index contributed by atoms with van der Waals surface area (Å²) < 4.78 is 28.6. The van der Waals surface area contributed by atoms with Crippen LogP contribution in [-0.4, -0.2) is 89.2 Å². The predicted molar refractivity (Wildman–Crippen MR) is 331 cm³/mol. The number of hydrogen-bond acceptors (Lipinski definition) is 11. The third-order valence-electron chi connectivity index (χ3n) is 15.1. The van der Waals surface area contributed by atoms with E-state index in [4.69, 9.17) is 23.7 Å². The molecule has 0 spiro atoms. The summed E-state index contributed by atoms with van der Waals surface area (Å²) in [5.74, 6) is -3.12. The molecule has 12 nitrogen and oxygen atoms in total. The molecule has 12 heteroatoms. The van der Waals surface area contributed by atoms with Gasteiger partial charge in [0.15, 0.2) is 24.6 Å². The summed E-state index contributed by atoms with van der Waals surface area (Å²) in [7, 11) is 0. The van der Waals surface area contributed by atoms with Gasteiger partial charge in [0.2, 0.25) is 0 Å². The maximum absolute atomic E-state index is 13.2. The van der Waals surface area contributed by atoms with E-state index >= 15 is 0 Å². The summed E-state index contributed by atoms with van der Waals surface area (Å²) in [6.07, 6.45) is 58.8. The Hall–Kier alpha value is -3.58. The van der Waals surface area contributed by atoms with Gasteiger partial charge >= 0.3 is 23.9 Å². The maximum atomic E-state index is 13.2. The van der Waals surface area contributed by atoms with Crippen LogP contribution in [0.4, 0.5) is 0 Å². The summed E-state index contributed by atoms with van der Waals surface area (Å²) in [5, 5.41) is 31.6. The molecule has 6 atom stereocenters. The van der Waals surface area contributed by atoms with Crippen molar-refractivity contribution in [2.45, 2.75) is 340 Å². The van der Waals surface area contributed by atoms with Crippen molar-refractivity contribution in [2.75, 3.05) is 13.2 Å². The van der Waals surface area contributed by atoms with Gasteiger partial charge in [0.1, 0.15) is 18.8 Å². The summed E-state index contributed by atoms with van der Waals surface area (Å²) in [4.78, 5) is 51.4. The number of unbranched alkanes of at least 4 members (excludes halogenated alkanes) is 33. The van der Waals surface area contributed by atoms with E-state index in [0.717, 1.165) is 109 Å². The number of aliphatic carboxylic acids is 1. The Bertz CT molecular complexity index is 1640. The molecule has 1 fully saturated rings. The van der Waals surface area contributed by atoms with Crippen LogP contribution in [0.2, 0.25) is 0 Å². The Labute approximate surface area is 494 Å². The number of carboxylic acid groups (broad SMARTS) is 1. The molecule has 3 N–H and O–H groups in total. The third-order valence-corrected chi connectivity index (χ3v) is 15.1. The number of carbonyl (C=O) groups is 4. The van der Waals surface area contributed by atoms with Crippen LogP contribution in [0.25, 0.3) is 0 Å². The van der Waals surface area contributed by atoms with Crippen LogP contribution < -0.4 is 0 Å². The van der Waals surface area contributed by atoms with Gasteiger partial charge < -0.3 is 39.0 Å². The van der Waals surface area contributed by atoms with E-state index in [1.165, 1.54) is 135 Å². The van der Waals surface area contributed by atoms with E-state index in [9.17, 15) is 34.5 Å². The number of carboxylic acids is 1. The minimum atomic E-state index is -1.91. The van der Waals surface area contributed by atoms with Crippen molar-refractivity contribution >= 4 is 23.9 Å². The average molecular weight is 1140 g/mol. The number of hydrogen-bond donors (Lipinski definition) is 3. The molecule has 1 aliphatic heterocycles. The number of allylic oxidation sites excluding steroid dienone is 10. The molecule has 0 aliphatic carbocycles. The van der Waals surface area contributed by atoms with Gasteiger partial charge in [0.25, 0.3) is 0 Å². The van der Waals surface area contributed by atoms with Gasteiger partial charge in [-0.1, -0.05) is 261 Å². The van der Waals surface area contributed by atoms with Crippen molar-refractivity contribution in [3.05, 3.63) is 60.8 Å². The zero-order valence-corrected chi connectivity index (χ0v) is 51.8. The molecular formula is C69H120O12. The van der Waals surface area contributed by atoms with E-state index in [0.29, 0.717) is 19.3 Å². The van der Waals surface area contributed by atoms with Crippen LogP contribution in [-0.2, 0) is 42.9 Å². The molecule has 0 aromatic heterocycles. The summed E-state index contributed by atoms with van der Waals surface area (Å²) in [6.45, 7) is 5.91. The number of carbonyl (C=O) groups excluding carboxylic acids is 3. The lowest BCUT2D eigenvalue weighted by Gasteiger charge is -2.40. The standard InChI is InChI=1S/C69H120O12/c1-4-7-10-13-16-19-22-25-28-30-31-33-36-39-42-45-48-51-54-57-63(72)80-67-65(74)64(73)66(68(75)76)81-69(67)78-59-60(79-62(71)56-53-50-47-44-41-38-34-27-24-21-18-15-12-9-6-3)58-77-61(70)55-52-49-46-43-40-37-35-32-29-26-23-20-17-14-11-8-5-2/h7,10,16,19,25-26,28-29,31,33,60,64-67,69,73-74H,4-6,8-9,11-15,17-18,20-24,27,30,32,34-59H2,1-3H3,(H,75,76)/b10-7-,19-16-,28-25-,29-26-,33-31-. The van der Waals surface area contributed by atoms with Crippen molar-refractivity contribution in [2.24, 2.45) is 0 Å². The molecule has 81 heavy (non-hydrogen) atoms. The largest absolute Gasteiger partial charge is 0.479 e. The van der Waals surface area contributed by atoms with Crippen molar-refractivity contribution in [3.63, 3.8) is 0 Å². The fourth-order valence-electron chi connectivity index (χ4n) is 10.0. The van der Waals surface area contributed by atoms with Crippen LogP contribution in [0.15, 0.2) is 60.8 Å². The first-order valence-electron chi connectivity index (χ1n) is 33.3. The second kappa shape index (κ2) is 56.9. The number of aliphatic hydroxyl groups excluding tert-OH is 2. The molecule has 0 saturated carbocycles. The molecule has 1 aliphatic rings. The fraction of sp³-hybridized carbons (Fsp3) is 0.797. The first kappa shape index (κ1) is 75.4. The minimum Gasteiger partial charge on any atom is -0.479 e. The van der Waals surface area contributed by atoms with Crippen molar-refractivity contribution < 1.29 is 58.2 Å². The minimum absolute atomic E-state index is 0.0447. The van der Waals surface area contributed by atoms with Crippen molar-refractivity contribution in [1.82, 2.24) is 0 Å². The molecule has 6 unspecified atom stereocenters. The quantitative estimate of drug-likeness (QED) is 0.0228. The topological polar surface area (TPSA) is 175 Å². The van der Waals surface area contributed by atoms with Gasteiger partial charge in [-0.2, -0.15) is 0 Å². The number of aliphatic hydroxyl groups is 2. The van der Waals surface area contributed by atoms with E-state index in [2.05, 4.69) is 81.5 Å². The van der Waals surface area contributed by atoms with E-state index in [-0.39, 0.29) is 25.9 Å². The molecule has 0 aromatic rings. The van der Waals surface area contributed by atoms with Crippen LogP contribution in [0.5, 0.6) is 0 Å². The average Bonchev–Trinajstić information content (AvgIpc) is 3.54. The molecular weight excluding hydrogens is 1020 g/mol. The first-order valence-corrected chi connectivity index (χ1v) is 33.3. The Morgan fingerprint density at radius 1 is 0.420 bits per heavy atom. The zero-order chi connectivity index (χ0) is 58.9. The molecule has 1 saturated heterocycles. The summed E-state index contributed by atoms with van der Waals surface area (Å²) in [6, 6.07) is 0. The molecule has 0 radical (unpaired) electrons. The van der Waals surface area contributed by atoms with Gasteiger partial charge in [0, 0.05) is 19.3 Å². The van der Waals surface area contributed by atoms with Gasteiger partial charge in [-0.05, 0) is 83.5 Å². The first-order chi connectivity index (χ1) is 39.6. The highest BCUT2D eigenvalue weighted by atomic mass is 16.7. The van der Waals surface area contributed by atoms with Crippen LogP contribution >= 0.6 is 0 Å². The summed E-state index contributed by atoms with van der Waals surface area (Å²) >= 11 is 0. The Morgan fingerprint density at radius 2 is 0.778 bits per heavy atom. The molecule has 1 rings (SSSR count). The van der Waals surface area contributed by atoms with Crippen molar-refractivity contribution in [1.29, 1.82) is 0 Å². The number of rotatable bonds is 57. The lowest BCUT2D eigenvalue weighted by atomic mass is 9.98. The second-order valence-corrected chi connectivity index (χ2v) is 22.7. The third kappa shape index (κ3) is 46.5. The van der Waals surface area contributed by atoms with Crippen LogP contribution in [0.1, 0.15) is 303 Å². The highest BCUT2D eigenvalue weighted by molar-refractivity contribution is 5.74. The molecule has 0 aromatic carbocycles. The lowest BCUT2D eigenvalue weighted by molar-refractivity contribution is -0.301. The van der Waals surface area contributed by atoms with Gasteiger partial charge in [-0.25, -0.2) is 4.79 Å². The highest BCUT2D eigenvalue weighted by Gasteiger charge is 2.50. The van der Waals surface area contributed by atoms with E-state index in [1.54, 1.807) is 0 Å². The maximum Gasteiger partial charge on any atom is 0.335 e. The van der Waals surface area contributed by atoms with Crippen LogP contribution in [0, 0.1) is 0 Å². The zero-order valence-electron chi connectivity index (χ0n) is 51.8. The Balaban J connectivity index is 2.65. The lowest BCUT2D eigenvalue weighted by Crippen LogP contribution is -2.61.